The van der Waals surface area contributed by atoms with E-state index in [1.807, 2.05) is 0 Å². The van der Waals surface area contributed by atoms with E-state index in [9.17, 15) is 8.78 Å². The summed E-state index contributed by atoms with van der Waals surface area (Å²) in [5.41, 5.74) is 36.0. The summed E-state index contributed by atoms with van der Waals surface area (Å²) in [6, 6.07) is 3.39. The summed E-state index contributed by atoms with van der Waals surface area (Å²) in [6.07, 6.45) is 10.6. The lowest BCUT2D eigenvalue weighted by molar-refractivity contribution is 0.184. The van der Waals surface area contributed by atoms with Gasteiger partial charge in [-0.15, -0.1) is 0 Å². The maximum absolute atomic E-state index is 13.8. The molecule has 2 saturated carbocycles. The highest BCUT2D eigenvalue weighted by molar-refractivity contribution is 7.99. The lowest BCUT2D eigenvalue weighted by atomic mass is 9.74. The van der Waals surface area contributed by atoms with E-state index in [4.69, 9.17) is 57.6 Å². The number of nitrogen functional groups attached to an aromatic ring is 4. The van der Waals surface area contributed by atoms with E-state index in [1.165, 1.54) is 23.5 Å². The van der Waals surface area contributed by atoms with Gasteiger partial charge in [0.15, 0.2) is 11.6 Å². The highest BCUT2D eigenvalue weighted by Crippen LogP contribution is 2.48. The largest absolute Gasteiger partial charge is 0.382 e. The second-order valence-electron chi connectivity index (χ2n) is 15.0. The number of alkyl halides is 2. The van der Waals surface area contributed by atoms with E-state index in [0.29, 0.717) is 57.4 Å². The van der Waals surface area contributed by atoms with Gasteiger partial charge in [-0.2, -0.15) is 0 Å². The van der Waals surface area contributed by atoms with Gasteiger partial charge in [0.2, 0.25) is 0 Å². The molecular weight excluding hydrogens is 802 g/mol. The first-order chi connectivity index (χ1) is 26.8. The second kappa shape index (κ2) is 16.7. The molecule has 0 aromatic carbocycles. The third-order valence-corrected chi connectivity index (χ3v) is 14.8. The number of aromatic nitrogens is 6. The maximum Gasteiger partial charge on any atom is 0.158 e. The Hall–Kier alpha value is -3.68. The minimum atomic E-state index is -0.776. The van der Waals surface area contributed by atoms with E-state index in [0.717, 1.165) is 73.3 Å². The van der Waals surface area contributed by atoms with Crippen molar-refractivity contribution in [2.45, 2.75) is 95.6 Å². The average molecular weight is 848 g/mol. The molecule has 8 rings (SSSR count). The van der Waals surface area contributed by atoms with Gasteiger partial charge in [-0.25, -0.2) is 38.7 Å². The molecule has 4 aromatic heterocycles. The minimum Gasteiger partial charge on any atom is -0.382 e. The summed E-state index contributed by atoms with van der Waals surface area (Å²) in [4.78, 5) is 31.6. The van der Waals surface area contributed by atoms with Crippen molar-refractivity contribution in [2.75, 3.05) is 58.9 Å². The van der Waals surface area contributed by atoms with Crippen LogP contribution < -0.4 is 44.2 Å². The van der Waals surface area contributed by atoms with Crippen LogP contribution in [0, 0.1) is 10.8 Å². The first-order valence-corrected chi connectivity index (χ1v) is 20.8. The number of hydrogen-bond donors (Lipinski definition) is 6. The molecule has 4 aliphatic rings. The Labute approximate surface area is 342 Å². The van der Waals surface area contributed by atoms with Crippen LogP contribution >= 0.6 is 46.7 Å². The van der Waals surface area contributed by atoms with Gasteiger partial charge in [-0.05, 0) is 74.3 Å². The summed E-state index contributed by atoms with van der Waals surface area (Å²) in [5, 5.41) is 1.86. The molecule has 14 nitrogen and oxygen atoms in total. The van der Waals surface area contributed by atoms with Gasteiger partial charge in [-0.3, -0.25) is 0 Å². The van der Waals surface area contributed by atoms with Gasteiger partial charge in [0.05, 0.1) is 22.4 Å². The summed E-state index contributed by atoms with van der Waals surface area (Å²) in [7, 11) is 0. The summed E-state index contributed by atoms with van der Waals surface area (Å²) in [5.74, 6) is 2.63. The minimum absolute atomic E-state index is 0.0582. The fourth-order valence-electron chi connectivity index (χ4n) is 8.39. The highest BCUT2D eigenvalue weighted by Gasteiger charge is 2.48. The number of rotatable bonds is 6. The van der Waals surface area contributed by atoms with Crippen molar-refractivity contribution in [1.82, 2.24) is 29.9 Å². The predicted octanol–water partition coefficient (Wildman–Crippen LogP) is 5.77. The molecule has 300 valence electrons. The van der Waals surface area contributed by atoms with Crippen LogP contribution in [-0.2, 0) is 0 Å². The molecule has 2 aliphatic heterocycles. The van der Waals surface area contributed by atoms with Crippen molar-refractivity contribution in [3.8, 4) is 0 Å². The first kappa shape index (κ1) is 40.5. The number of anilines is 6. The third-order valence-electron chi connectivity index (χ3n) is 11.7. The van der Waals surface area contributed by atoms with Crippen molar-refractivity contribution in [2.24, 2.45) is 22.3 Å². The topological polar surface area (TPSA) is 240 Å². The molecule has 4 aromatic rings. The van der Waals surface area contributed by atoms with Crippen LogP contribution in [0.15, 0.2) is 56.8 Å². The van der Waals surface area contributed by atoms with Crippen molar-refractivity contribution in [3.63, 3.8) is 0 Å². The number of piperidine rings is 2. The SMILES string of the molecule is Nc1nc(N2CCC3(CC2)C[C@@H](F)C[C@H]3N)cnc1Sc1ccnc(N)c1Cl.Nc1nc(N2CCC3(CC2)C[C@H](F)C[C@H]3N)cnc1Sc1ccnc(N)c1Cl. The number of hydrogen-bond acceptors (Lipinski definition) is 16. The van der Waals surface area contributed by atoms with Crippen molar-refractivity contribution in [3.05, 3.63) is 47.0 Å². The molecule has 0 bridgehead atoms. The molecule has 0 amide bonds. The molecule has 0 unspecified atom stereocenters. The molecule has 56 heavy (non-hydrogen) atoms. The smallest absolute Gasteiger partial charge is 0.158 e. The van der Waals surface area contributed by atoms with E-state index < -0.39 is 12.3 Å². The number of nitrogens with zero attached hydrogens (tertiary/aromatic N) is 8. The zero-order valence-electron chi connectivity index (χ0n) is 30.6. The van der Waals surface area contributed by atoms with Crippen LogP contribution in [0.2, 0.25) is 10.0 Å². The Morgan fingerprint density at radius 2 is 0.982 bits per heavy atom. The summed E-state index contributed by atoms with van der Waals surface area (Å²) >= 11 is 15.0. The Bertz CT molecular complexity index is 1890. The third kappa shape index (κ3) is 8.45. The Kier molecular flexibility index (Phi) is 12.1. The molecule has 20 heteroatoms. The van der Waals surface area contributed by atoms with Crippen LogP contribution in [0.3, 0.4) is 0 Å². The quantitative estimate of drug-likeness (QED) is 0.135. The van der Waals surface area contributed by atoms with Crippen LogP contribution in [0.25, 0.3) is 0 Å². The van der Waals surface area contributed by atoms with Gasteiger partial charge in [0, 0.05) is 60.4 Å². The first-order valence-electron chi connectivity index (χ1n) is 18.5. The van der Waals surface area contributed by atoms with Crippen molar-refractivity contribution < 1.29 is 8.78 Å². The van der Waals surface area contributed by atoms with Gasteiger partial charge >= 0.3 is 0 Å². The lowest BCUT2D eigenvalue weighted by Gasteiger charge is -2.42. The molecule has 6 heterocycles. The molecule has 2 spiro atoms. The summed E-state index contributed by atoms with van der Waals surface area (Å²) < 4.78 is 27.6. The number of nitrogens with two attached hydrogens (primary N) is 6. The van der Waals surface area contributed by atoms with E-state index >= 15 is 0 Å². The predicted molar refractivity (Wildman–Crippen MR) is 220 cm³/mol. The van der Waals surface area contributed by atoms with Gasteiger partial charge < -0.3 is 44.2 Å². The zero-order valence-corrected chi connectivity index (χ0v) is 33.8. The molecule has 2 saturated heterocycles. The normalized spacial score (nSPS) is 24.0. The molecule has 2 aliphatic carbocycles. The van der Waals surface area contributed by atoms with E-state index in [2.05, 4.69) is 39.7 Å². The Morgan fingerprint density at radius 1 is 0.607 bits per heavy atom. The maximum atomic E-state index is 13.8. The van der Waals surface area contributed by atoms with Gasteiger partial charge in [0.1, 0.15) is 45.7 Å². The van der Waals surface area contributed by atoms with Crippen LogP contribution in [-0.4, -0.2) is 80.5 Å². The molecule has 0 radical (unpaired) electrons. The van der Waals surface area contributed by atoms with Gasteiger partial charge in [0.25, 0.3) is 0 Å². The van der Waals surface area contributed by atoms with Crippen LogP contribution in [0.4, 0.5) is 43.7 Å². The Balaban J connectivity index is 0.000000172. The number of halogens is 4. The zero-order chi connectivity index (χ0) is 39.8. The standard InChI is InChI=1S/2C18H23ClFN7S/c2*19-14-11(1-4-24-15(14)22)28-17-16(23)26-13(9-25-17)27-5-2-18(3-6-27)8-10(20)7-12(18)21/h2*1,4,9-10,12H,2-3,5-8,21H2,(H2,22,24)(H2,23,26)/t10-,12+;10-,12-/m01/s1. The summed E-state index contributed by atoms with van der Waals surface area (Å²) in [6.45, 7) is 3.09. The molecule has 4 fully saturated rings. The monoisotopic (exact) mass is 846 g/mol. The van der Waals surface area contributed by atoms with E-state index in [-0.39, 0.29) is 34.5 Å². The van der Waals surface area contributed by atoms with E-state index in [1.54, 1.807) is 36.9 Å². The van der Waals surface area contributed by atoms with Crippen molar-refractivity contribution >= 4 is 81.6 Å². The molecule has 4 atom stereocenters. The number of pyridine rings is 2. The molecular formula is C36H46Cl2F2N14S2. The van der Waals surface area contributed by atoms with Crippen molar-refractivity contribution in [1.29, 1.82) is 0 Å². The van der Waals surface area contributed by atoms with Crippen LogP contribution in [0.5, 0.6) is 0 Å². The average Bonchev–Trinajstić information content (AvgIpc) is 3.61. The highest BCUT2D eigenvalue weighted by atomic mass is 35.5. The van der Waals surface area contributed by atoms with Crippen LogP contribution in [0.1, 0.15) is 51.4 Å². The fraction of sp³-hybridized carbons (Fsp3) is 0.500. The fourth-order valence-corrected chi connectivity index (χ4v) is 10.4. The second-order valence-corrected chi connectivity index (χ2v) is 17.9. The van der Waals surface area contributed by atoms with Gasteiger partial charge in [-0.1, -0.05) is 46.7 Å². The lowest BCUT2D eigenvalue weighted by Crippen LogP contribution is -2.47. The molecule has 12 N–H and O–H groups in total. The Morgan fingerprint density at radius 3 is 1.30 bits per heavy atom.